The van der Waals surface area contributed by atoms with Crippen LogP contribution in [0, 0.1) is 10.1 Å². The number of nitro benzene ring substituents is 1. The normalized spacial score (nSPS) is 12.1. The Morgan fingerprint density at radius 1 is 1.14 bits per heavy atom. The molecule has 0 radical (unpaired) electrons. The lowest BCUT2D eigenvalue weighted by molar-refractivity contribution is -0.385. The molecule has 2 rings (SSSR count). The van der Waals surface area contributed by atoms with E-state index in [1.165, 1.54) is 24.3 Å². The zero-order chi connectivity index (χ0) is 15.6. The Kier molecular flexibility index (Phi) is 4.82. The van der Waals surface area contributed by atoms with Gasteiger partial charge in [-0.05, 0) is 30.3 Å². The molecular weight excluding hydrogens is 335 g/mol. The highest BCUT2D eigenvalue weighted by atomic mass is 35.5. The van der Waals surface area contributed by atoms with Gasteiger partial charge in [0.2, 0.25) is 0 Å². The topological polar surface area (TPSA) is 86.2 Å². The van der Waals surface area contributed by atoms with Crippen molar-refractivity contribution in [3.63, 3.8) is 0 Å². The van der Waals surface area contributed by atoms with Crippen LogP contribution in [0.15, 0.2) is 41.3 Å². The molecule has 8 heteroatoms. The summed E-state index contributed by atoms with van der Waals surface area (Å²) in [5, 5.41) is 11.7. The highest BCUT2D eigenvalue weighted by Gasteiger charge is 2.18. The van der Waals surface area contributed by atoms with Crippen LogP contribution in [0.3, 0.4) is 0 Å². The number of rotatable bonds is 4. The van der Waals surface area contributed by atoms with Gasteiger partial charge >= 0.3 is 0 Å². The molecule has 0 spiro atoms. The highest BCUT2D eigenvalue weighted by molar-refractivity contribution is 7.84. The maximum atomic E-state index is 12.4. The monoisotopic (exact) mass is 344 g/mol. The number of hydrogen-bond donors (Lipinski definition) is 1. The summed E-state index contributed by atoms with van der Waals surface area (Å²) in [5.41, 5.74) is 6.23. The predicted molar refractivity (Wildman–Crippen MR) is 84.1 cm³/mol. The number of nitrogen functional groups attached to an aromatic ring is 1. The fourth-order valence-corrected chi connectivity index (χ4v) is 3.46. The van der Waals surface area contributed by atoms with Gasteiger partial charge in [-0.3, -0.25) is 14.3 Å². The number of benzene rings is 2. The van der Waals surface area contributed by atoms with Crippen molar-refractivity contribution in [3.8, 4) is 0 Å². The first-order valence-electron chi connectivity index (χ1n) is 5.74. The minimum absolute atomic E-state index is 0.0680. The van der Waals surface area contributed by atoms with Crippen molar-refractivity contribution in [1.29, 1.82) is 0 Å². The Labute approximate surface area is 133 Å². The molecular formula is C13H10Cl2N2O3S. The van der Waals surface area contributed by atoms with Crippen LogP contribution in [-0.4, -0.2) is 9.13 Å². The molecule has 21 heavy (non-hydrogen) atoms. The third-order valence-corrected chi connectivity index (χ3v) is 4.63. The zero-order valence-electron chi connectivity index (χ0n) is 10.6. The molecule has 110 valence electrons. The third-order valence-electron chi connectivity index (χ3n) is 2.75. The SMILES string of the molecule is Nc1ccc(Cl)cc1S(=O)Cc1cc(Cl)ccc1[N+](=O)[O-]. The first-order chi connectivity index (χ1) is 9.88. The summed E-state index contributed by atoms with van der Waals surface area (Å²) >= 11 is 11.7. The maximum Gasteiger partial charge on any atom is 0.273 e. The summed E-state index contributed by atoms with van der Waals surface area (Å²) in [5.74, 6) is -0.0680. The molecule has 0 saturated heterocycles. The van der Waals surface area contributed by atoms with Gasteiger partial charge in [-0.1, -0.05) is 23.2 Å². The summed E-state index contributed by atoms with van der Waals surface area (Å²) in [7, 11) is -1.56. The average molecular weight is 345 g/mol. The second kappa shape index (κ2) is 6.43. The molecule has 0 aliphatic carbocycles. The standard InChI is InChI=1S/C13H10Cl2N2O3S/c14-9-2-4-12(17(18)19)8(5-9)7-21(20)13-6-10(15)1-3-11(13)16/h1-6H,7,16H2. The molecule has 0 aliphatic heterocycles. The van der Waals surface area contributed by atoms with Crippen LogP contribution in [0.2, 0.25) is 10.0 Å². The summed E-state index contributed by atoms with van der Waals surface area (Å²) in [6.07, 6.45) is 0. The van der Waals surface area contributed by atoms with Crippen molar-refractivity contribution >= 4 is 45.4 Å². The van der Waals surface area contributed by atoms with E-state index in [9.17, 15) is 14.3 Å². The summed E-state index contributed by atoms with van der Waals surface area (Å²) in [6, 6.07) is 8.75. The lowest BCUT2D eigenvalue weighted by Crippen LogP contribution is -2.03. The number of nitro groups is 1. The van der Waals surface area contributed by atoms with Crippen molar-refractivity contribution in [2.45, 2.75) is 10.6 Å². The summed E-state index contributed by atoms with van der Waals surface area (Å²) < 4.78 is 12.4. The smallest absolute Gasteiger partial charge is 0.273 e. The van der Waals surface area contributed by atoms with Crippen molar-refractivity contribution in [2.24, 2.45) is 0 Å². The van der Waals surface area contributed by atoms with Crippen molar-refractivity contribution in [2.75, 3.05) is 5.73 Å². The minimum atomic E-state index is -1.56. The summed E-state index contributed by atoms with van der Waals surface area (Å²) in [4.78, 5) is 10.8. The largest absolute Gasteiger partial charge is 0.398 e. The molecule has 1 atom stereocenters. The molecule has 0 heterocycles. The molecule has 0 bridgehead atoms. The van der Waals surface area contributed by atoms with E-state index in [1.807, 2.05) is 0 Å². The van der Waals surface area contributed by atoms with E-state index in [4.69, 9.17) is 28.9 Å². The van der Waals surface area contributed by atoms with Crippen LogP contribution in [0.5, 0.6) is 0 Å². The zero-order valence-corrected chi connectivity index (χ0v) is 12.9. The number of nitrogens with zero attached hydrogens (tertiary/aromatic N) is 1. The van der Waals surface area contributed by atoms with Gasteiger partial charge in [0, 0.05) is 27.4 Å². The van der Waals surface area contributed by atoms with Gasteiger partial charge in [-0.2, -0.15) is 0 Å². The van der Waals surface area contributed by atoms with E-state index in [2.05, 4.69) is 0 Å². The first kappa shape index (κ1) is 15.8. The Morgan fingerprint density at radius 2 is 1.76 bits per heavy atom. The fourth-order valence-electron chi connectivity index (χ4n) is 1.77. The molecule has 0 saturated carbocycles. The second-order valence-corrected chi connectivity index (χ2v) is 6.49. The van der Waals surface area contributed by atoms with Crippen LogP contribution < -0.4 is 5.73 Å². The van der Waals surface area contributed by atoms with E-state index in [0.29, 0.717) is 20.6 Å². The van der Waals surface area contributed by atoms with Crippen LogP contribution in [-0.2, 0) is 16.6 Å². The van der Waals surface area contributed by atoms with Gasteiger partial charge in [-0.25, -0.2) is 0 Å². The minimum Gasteiger partial charge on any atom is -0.398 e. The Bertz CT molecular complexity index is 737. The average Bonchev–Trinajstić information content (AvgIpc) is 2.41. The molecule has 1 unspecified atom stereocenters. The predicted octanol–water partition coefficient (Wildman–Crippen LogP) is 3.79. The maximum absolute atomic E-state index is 12.4. The number of halogens is 2. The van der Waals surface area contributed by atoms with Crippen molar-refractivity contribution in [3.05, 3.63) is 62.1 Å². The van der Waals surface area contributed by atoms with Crippen LogP contribution in [0.1, 0.15) is 5.56 Å². The van der Waals surface area contributed by atoms with Crippen molar-refractivity contribution in [1.82, 2.24) is 0 Å². The van der Waals surface area contributed by atoms with E-state index in [1.54, 1.807) is 12.1 Å². The van der Waals surface area contributed by atoms with E-state index >= 15 is 0 Å². The quantitative estimate of drug-likeness (QED) is 0.519. The first-order valence-corrected chi connectivity index (χ1v) is 7.82. The molecule has 0 amide bonds. The van der Waals surface area contributed by atoms with Gasteiger partial charge in [0.1, 0.15) is 0 Å². The Morgan fingerprint density at radius 3 is 2.43 bits per heavy atom. The Hall–Kier alpha value is -1.63. The summed E-state index contributed by atoms with van der Waals surface area (Å²) in [6.45, 7) is 0. The second-order valence-electron chi connectivity index (χ2n) is 4.20. The third kappa shape index (κ3) is 3.72. The van der Waals surface area contributed by atoms with Gasteiger partial charge in [0.15, 0.2) is 0 Å². The fraction of sp³-hybridized carbons (Fsp3) is 0.0769. The molecule has 0 aliphatic rings. The van der Waals surface area contributed by atoms with E-state index in [-0.39, 0.29) is 17.0 Å². The van der Waals surface area contributed by atoms with Crippen LogP contribution in [0.25, 0.3) is 0 Å². The molecule has 2 aromatic carbocycles. The van der Waals surface area contributed by atoms with E-state index < -0.39 is 15.7 Å². The molecule has 5 nitrogen and oxygen atoms in total. The number of anilines is 1. The molecule has 0 fully saturated rings. The lowest BCUT2D eigenvalue weighted by Gasteiger charge is -2.07. The van der Waals surface area contributed by atoms with Gasteiger partial charge < -0.3 is 5.73 Å². The molecule has 2 N–H and O–H groups in total. The van der Waals surface area contributed by atoms with Crippen LogP contribution in [0.4, 0.5) is 11.4 Å². The van der Waals surface area contributed by atoms with Gasteiger partial charge in [0.05, 0.1) is 26.4 Å². The van der Waals surface area contributed by atoms with E-state index in [0.717, 1.165) is 0 Å². The van der Waals surface area contributed by atoms with Gasteiger partial charge in [-0.15, -0.1) is 0 Å². The van der Waals surface area contributed by atoms with Gasteiger partial charge in [0.25, 0.3) is 5.69 Å². The highest BCUT2D eigenvalue weighted by Crippen LogP contribution is 2.28. The molecule has 0 aromatic heterocycles. The lowest BCUT2D eigenvalue weighted by atomic mass is 10.2. The van der Waals surface area contributed by atoms with Crippen LogP contribution >= 0.6 is 23.2 Å². The van der Waals surface area contributed by atoms with Crippen molar-refractivity contribution < 1.29 is 9.13 Å². The molecule has 2 aromatic rings. The number of nitrogens with two attached hydrogens (primary N) is 1. The number of hydrogen-bond acceptors (Lipinski definition) is 4. The Balaban J connectivity index is 2.38.